The topological polar surface area (TPSA) is 55.1 Å². The van der Waals surface area contributed by atoms with Crippen LogP contribution >= 0.6 is 11.6 Å². The maximum Gasteiger partial charge on any atom is 0.336 e. The SMILES string of the molecule is Cc1nn(C)cc1-c1cc(Cl)ccc1C(=O)O. The summed E-state index contributed by atoms with van der Waals surface area (Å²) in [7, 11) is 1.79. The molecule has 0 aliphatic heterocycles. The van der Waals surface area contributed by atoms with Crippen molar-refractivity contribution in [3.05, 3.63) is 40.7 Å². The fourth-order valence-electron chi connectivity index (χ4n) is 1.79. The van der Waals surface area contributed by atoms with Gasteiger partial charge < -0.3 is 5.11 Å². The lowest BCUT2D eigenvalue weighted by molar-refractivity contribution is 0.0698. The van der Waals surface area contributed by atoms with Crippen LogP contribution < -0.4 is 0 Å². The minimum Gasteiger partial charge on any atom is -0.478 e. The molecule has 1 N–H and O–H groups in total. The minimum atomic E-state index is -0.972. The van der Waals surface area contributed by atoms with Gasteiger partial charge in [-0.1, -0.05) is 11.6 Å². The molecular weight excluding hydrogens is 240 g/mol. The highest BCUT2D eigenvalue weighted by molar-refractivity contribution is 6.31. The minimum absolute atomic E-state index is 0.227. The first-order chi connectivity index (χ1) is 7.99. The van der Waals surface area contributed by atoms with Gasteiger partial charge in [0.25, 0.3) is 0 Å². The van der Waals surface area contributed by atoms with Crippen molar-refractivity contribution in [3.63, 3.8) is 0 Å². The highest BCUT2D eigenvalue weighted by atomic mass is 35.5. The van der Waals surface area contributed by atoms with E-state index in [2.05, 4.69) is 5.10 Å². The van der Waals surface area contributed by atoms with Crippen molar-refractivity contribution in [1.82, 2.24) is 9.78 Å². The highest BCUT2D eigenvalue weighted by Crippen LogP contribution is 2.29. The predicted octanol–water partition coefficient (Wildman–Crippen LogP) is 2.75. The van der Waals surface area contributed by atoms with Gasteiger partial charge >= 0.3 is 5.97 Å². The van der Waals surface area contributed by atoms with Gasteiger partial charge in [0.15, 0.2) is 0 Å². The molecule has 1 aromatic carbocycles. The molecule has 1 heterocycles. The van der Waals surface area contributed by atoms with Gasteiger partial charge in [-0.15, -0.1) is 0 Å². The van der Waals surface area contributed by atoms with Gasteiger partial charge in [0.1, 0.15) is 0 Å². The van der Waals surface area contributed by atoms with Crippen LogP contribution in [0.2, 0.25) is 5.02 Å². The zero-order chi connectivity index (χ0) is 12.6. The van der Waals surface area contributed by atoms with Crippen LogP contribution in [0.5, 0.6) is 0 Å². The van der Waals surface area contributed by atoms with Crippen molar-refractivity contribution in [2.24, 2.45) is 7.05 Å². The Kier molecular flexibility index (Phi) is 2.90. The number of hydrogen-bond acceptors (Lipinski definition) is 2. The molecule has 88 valence electrons. The van der Waals surface area contributed by atoms with Crippen molar-refractivity contribution in [2.75, 3.05) is 0 Å². The maximum atomic E-state index is 11.2. The molecule has 0 unspecified atom stereocenters. The molecular formula is C12H11ClN2O2. The van der Waals surface area contributed by atoms with Crippen molar-refractivity contribution in [2.45, 2.75) is 6.92 Å². The summed E-state index contributed by atoms with van der Waals surface area (Å²) >= 11 is 5.91. The van der Waals surface area contributed by atoms with Gasteiger partial charge in [0.2, 0.25) is 0 Å². The number of aromatic carboxylic acids is 1. The number of nitrogens with zero attached hydrogens (tertiary/aromatic N) is 2. The Morgan fingerprint density at radius 3 is 2.65 bits per heavy atom. The van der Waals surface area contributed by atoms with Crippen LogP contribution in [-0.4, -0.2) is 20.9 Å². The molecule has 2 rings (SSSR count). The summed E-state index contributed by atoms with van der Waals surface area (Å²) in [5.41, 5.74) is 2.38. The third-order valence-corrected chi connectivity index (χ3v) is 2.75. The van der Waals surface area contributed by atoms with Crippen LogP contribution in [0, 0.1) is 6.92 Å². The van der Waals surface area contributed by atoms with E-state index in [4.69, 9.17) is 16.7 Å². The number of carboxylic acids is 1. The Balaban J connectivity index is 2.69. The zero-order valence-corrected chi connectivity index (χ0v) is 10.2. The number of carbonyl (C=O) groups is 1. The number of aromatic nitrogens is 2. The Hall–Kier alpha value is -1.81. The Bertz CT molecular complexity index is 590. The first-order valence-electron chi connectivity index (χ1n) is 5.02. The molecule has 0 fully saturated rings. The quantitative estimate of drug-likeness (QED) is 0.892. The van der Waals surface area contributed by atoms with E-state index in [-0.39, 0.29) is 5.56 Å². The normalized spacial score (nSPS) is 10.5. The van der Waals surface area contributed by atoms with E-state index in [9.17, 15) is 4.79 Å². The Morgan fingerprint density at radius 1 is 1.41 bits per heavy atom. The molecule has 0 amide bonds. The fourth-order valence-corrected chi connectivity index (χ4v) is 1.96. The molecule has 5 heteroatoms. The lowest BCUT2D eigenvalue weighted by Crippen LogP contribution is -1.99. The van der Waals surface area contributed by atoms with E-state index in [1.807, 2.05) is 6.92 Å². The summed E-state index contributed by atoms with van der Waals surface area (Å²) in [6.07, 6.45) is 1.79. The van der Waals surface area contributed by atoms with Gasteiger partial charge in [-0.25, -0.2) is 4.79 Å². The third-order valence-electron chi connectivity index (χ3n) is 2.52. The van der Waals surface area contributed by atoms with E-state index in [0.717, 1.165) is 11.3 Å². The van der Waals surface area contributed by atoms with Gasteiger partial charge in [-0.05, 0) is 25.1 Å². The summed E-state index contributed by atoms with van der Waals surface area (Å²) < 4.78 is 1.65. The molecule has 0 aliphatic rings. The smallest absolute Gasteiger partial charge is 0.336 e. The molecule has 0 aliphatic carbocycles. The summed E-state index contributed by atoms with van der Waals surface area (Å²) in [6, 6.07) is 4.72. The molecule has 0 radical (unpaired) electrons. The van der Waals surface area contributed by atoms with E-state index < -0.39 is 5.97 Å². The van der Waals surface area contributed by atoms with Crippen LogP contribution in [0.1, 0.15) is 16.1 Å². The predicted molar refractivity (Wildman–Crippen MR) is 65.4 cm³/mol. The Morgan fingerprint density at radius 2 is 2.12 bits per heavy atom. The highest BCUT2D eigenvalue weighted by Gasteiger charge is 2.15. The number of benzene rings is 1. The third kappa shape index (κ3) is 2.17. The average molecular weight is 251 g/mol. The monoisotopic (exact) mass is 250 g/mol. The molecule has 0 bridgehead atoms. The number of rotatable bonds is 2. The summed E-state index contributed by atoms with van der Waals surface area (Å²) in [4.78, 5) is 11.2. The second kappa shape index (κ2) is 4.22. The molecule has 0 spiro atoms. The van der Waals surface area contributed by atoms with Gasteiger partial charge in [-0.2, -0.15) is 5.10 Å². The van der Waals surface area contributed by atoms with Crippen LogP contribution in [0.4, 0.5) is 0 Å². The van der Waals surface area contributed by atoms with Crippen LogP contribution in [0.25, 0.3) is 11.1 Å². The maximum absolute atomic E-state index is 11.2. The summed E-state index contributed by atoms with van der Waals surface area (Å²) in [5, 5.41) is 13.9. The molecule has 17 heavy (non-hydrogen) atoms. The van der Waals surface area contributed by atoms with E-state index in [1.165, 1.54) is 6.07 Å². The van der Waals surface area contributed by atoms with Gasteiger partial charge in [-0.3, -0.25) is 4.68 Å². The second-order valence-electron chi connectivity index (χ2n) is 3.80. The number of carboxylic acid groups (broad SMARTS) is 1. The lowest BCUT2D eigenvalue weighted by atomic mass is 10.0. The Labute approximate surface area is 103 Å². The van der Waals surface area contributed by atoms with Crippen LogP contribution in [0.3, 0.4) is 0 Å². The first kappa shape index (κ1) is 11.7. The van der Waals surface area contributed by atoms with Gasteiger partial charge in [0.05, 0.1) is 11.3 Å². The van der Waals surface area contributed by atoms with E-state index in [0.29, 0.717) is 10.6 Å². The van der Waals surface area contributed by atoms with E-state index >= 15 is 0 Å². The lowest BCUT2D eigenvalue weighted by Gasteiger charge is -2.05. The first-order valence-corrected chi connectivity index (χ1v) is 5.40. The number of halogens is 1. The van der Waals surface area contributed by atoms with Crippen molar-refractivity contribution < 1.29 is 9.90 Å². The second-order valence-corrected chi connectivity index (χ2v) is 4.23. The molecule has 4 nitrogen and oxygen atoms in total. The van der Waals surface area contributed by atoms with Crippen molar-refractivity contribution in [3.8, 4) is 11.1 Å². The molecule has 1 aromatic heterocycles. The molecule has 0 saturated carbocycles. The fraction of sp³-hybridized carbons (Fsp3) is 0.167. The molecule has 2 aromatic rings. The number of hydrogen-bond donors (Lipinski definition) is 1. The average Bonchev–Trinajstić information content (AvgIpc) is 2.57. The summed E-state index contributed by atoms with van der Waals surface area (Å²) in [5.74, 6) is -0.972. The molecule has 0 saturated heterocycles. The zero-order valence-electron chi connectivity index (χ0n) is 9.44. The standard InChI is InChI=1S/C12H11ClN2O2/c1-7-11(6-15(2)14-7)10-5-8(13)3-4-9(10)12(16)17/h3-6H,1-2H3,(H,16,17). The van der Waals surface area contributed by atoms with Crippen LogP contribution in [0.15, 0.2) is 24.4 Å². The summed E-state index contributed by atoms with van der Waals surface area (Å²) in [6.45, 7) is 1.84. The number of aryl methyl sites for hydroxylation is 2. The van der Waals surface area contributed by atoms with Crippen molar-refractivity contribution in [1.29, 1.82) is 0 Å². The van der Waals surface area contributed by atoms with Crippen LogP contribution in [-0.2, 0) is 7.05 Å². The van der Waals surface area contributed by atoms with Gasteiger partial charge in [0, 0.05) is 29.4 Å². The molecule has 0 atom stereocenters. The van der Waals surface area contributed by atoms with Crippen molar-refractivity contribution >= 4 is 17.6 Å². The largest absolute Gasteiger partial charge is 0.478 e. The van der Waals surface area contributed by atoms with E-state index in [1.54, 1.807) is 30.1 Å².